The average Bonchev–Trinajstić information content (AvgIpc) is 3.30. The van der Waals surface area contributed by atoms with Gasteiger partial charge in [0.1, 0.15) is 35.1 Å². The van der Waals surface area contributed by atoms with Gasteiger partial charge in [-0.2, -0.15) is 13.2 Å². The number of halogens is 3. The molecule has 71 heavy (non-hydrogen) atoms. The number of ether oxygens (including phenoxy) is 6. The quantitative estimate of drug-likeness (QED) is 0.0922. The monoisotopic (exact) mass is 1020 g/mol. The first kappa shape index (κ1) is 60.8. The SMILES string of the molecule is CCCNC[C@]1(O)[C@H](C)O[C@@H](O[C@H]2[C@H](C)[C@@H](O[C@@H]3O[C@H](C)C[C@H](N(CCC)C(=O)N(C)c4ccc(C(F)(F)F)cc4)[C@H]3O)[C@](C)(O)C[C@@H](C)CN[C@H](C)[C@@H](O)[C@](C)(O)[C@@H](CC)OC(=O)[C@@H]2C)C[C@@]1(C)OC. The number of hydrogen-bond donors (Lipinski definition) is 7. The normalized spacial score (nSPS) is 40.3. The van der Waals surface area contributed by atoms with E-state index in [9.17, 15) is 48.3 Å². The standard InChI is InChI=1S/C51H87F3N4O13/c1-15-22-55-28-50(65)34(9)68-39(26-48(50,11)66-14)70-41-31(6)43(47(10,63)25-29(4)27-56-33(8)42(60)49(12,64)38(17-3)69-44(61)32(41)7)71-45-40(59)37(24-30(5)67-45)58(23-16-2)46(62)57(13)36-20-18-35(19-21-36)51(52,53)54/h18-21,29-34,37-43,45,55-56,59-60,63-65H,15-17,22-28H2,1-14H3/t29-,30-,31+,32-,33-,34+,37+,38-,39+,40-,41+,42-,43-,45+,47-,48-,49-,50+/m1/s1. The predicted molar refractivity (Wildman–Crippen MR) is 260 cm³/mol. The van der Waals surface area contributed by atoms with E-state index < -0.39 is 125 Å². The Hall–Kier alpha value is -2.73. The van der Waals surface area contributed by atoms with Crippen molar-refractivity contribution >= 4 is 17.7 Å². The number of carbonyl (C=O) groups excluding carboxylic acids is 2. The molecule has 3 aliphatic heterocycles. The van der Waals surface area contributed by atoms with Gasteiger partial charge in [0.15, 0.2) is 12.6 Å². The van der Waals surface area contributed by atoms with Crippen LogP contribution in [-0.4, -0.2) is 173 Å². The van der Waals surface area contributed by atoms with Crippen molar-refractivity contribution in [3.05, 3.63) is 29.8 Å². The van der Waals surface area contributed by atoms with Crippen LogP contribution in [0.5, 0.6) is 0 Å². The summed E-state index contributed by atoms with van der Waals surface area (Å²) < 4.78 is 79.0. The number of esters is 1. The third kappa shape index (κ3) is 14.0. The highest BCUT2D eigenvalue weighted by Crippen LogP contribution is 2.43. The molecular formula is C51H87F3N4O13. The molecule has 1 aromatic rings. The Labute approximate surface area is 419 Å². The van der Waals surface area contributed by atoms with E-state index >= 15 is 0 Å². The molecule has 0 aromatic heterocycles. The Bertz CT molecular complexity index is 1850. The highest BCUT2D eigenvalue weighted by molar-refractivity contribution is 5.91. The van der Waals surface area contributed by atoms with Crippen molar-refractivity contribution in [2.75, 3.05) is 45.2 Å². The van der Waals surface area contributed by atoms with Crippen LogP contribution in [0.15, 0.2) is 24.3 Å². The maximum atomic E-state index is 14.6. The lowest BCUT2D eigenvalue weighted by Crippen LogP contribution is -2.70. The summed E-state index contributed by atoms with van der Waals surface area (Å²) in [6.45, 7) is 21.9. The number of aliphatic hydroxyl groups excluding tert-OH is 2. The van der Waals surface area contributed by atoms with Gasteiger partial charge in [0, 0.05) is 51.3 Å². The van der Waals surface area contributed by atoms with Crippen molar-refractivity contribution in [3.8, 4) is 0 Å². The van der Waals surface area contributed by atoms with Crippen LogP contribution in [0.4, 0.5) is 23.7 Å². The molecule has 2 amide bonds. The molecule has 0 aliphatic carbocycles. The number of nitrogens with one attached hydrogen (secondary N) is 2. The van der Waals surface area contributed by atoms with Gasteiger partial charge in [0.25, 0.3) is 0 Å². The second kappa shape index (κ2) is 24.7. The van der Waals surface area contributed by atoms with Crippen molar-refractivity contribution in [1.29, 1.82) is 0 Å². The number of alkyl halides is 3. The molecule has 0 radical (unpaired) electrons. The van der Waals surface area contributed by atoms with Crippen molar-refractivity contribution in [1.82, 2.24) is 15.5 Å². The number of carbonyl (C=O) groups is 2. The number of rotatable bonds is 14. The minimum Gasteiger partial charge on any atom is -0.459 e. The summed E-state index contributed by atoms with van der Waals surface area (Å²) in [5.74, 6) is -3.24. The fraction of sp³-hybridized carbons (Fsp3) is 0.843. The zero-order chi connectivity index (χ0) is 53.6. The van der Waals surface area contributed by atoms with Crippen molar-refractivity contribution in [2.24, 2.45) is 17.8 Å². The first-order valence-corrected chi connectivity index (χ1v) is 25.5. The first-order chi connectivity index (χ1) is 32.9. The minimum absolute atomic E-state index is 0.00398. The summed E-state index contributed by atoms with van der Waals surface area (Å²) in [6.07, 6.45) is -13.6. The Morgan fingerprint density at radius 1 is 0.944 bits per heavy atom. The number of aliphatic hydroxyl groups is 5. The number of hydrogen-bond acceptors (Lipinski definition) is 15. The first-order valence-electron chi connectivity index (χ1n) is 25.5. The third-order valence-electron chi connectivity index (χ3n) is 15.3. The average molecular weight is 1020 g/mol. The molecule has 410 valence electrons. The molecule has 20 heteroatoms. The number of nitrogens with zero attached hydrogens (tertiary/aromatic N) is 2. The lowest BCUT2D eigenvalue weighted by atomic mass is 9.75. The van der Waals surface area contributed by atoms with E-state index in [0.717, 1.165) is 18.6 Å². The van der Waals surface area contributed by atoms with Crippen LogP contribution in [0.25, 0.3) is 0 Å². The second-order valence-corrected chi connectivity index (χ2v) is 21.3. The maximum absolute atomic E-state index is 14.6. The zero-order valence-corrected chi connectivity index (χ0v) is 44.5. The van der Waals surface area contributed by atoms with Crippen LogP contribution >= 0.6 is 0 Å². The Balaban J connectivity index is 1.82. The van der Waals surface area contributed by atoms with Gasteiger partial charge in [0.05, 0.1) is 47.5 Å². The summed E-state index contributed by atoms with van der Waals surface area (Å²) in [5.41, 5.74) is -7.11. The fourth-order valence-electron chi connectivity index (χ4n) is 10.8. The largest absolute Gasteiger partial charge is 0.459 e. The summed E-state index contributed by atoms with van der Waals surface area (Å²) in [7, 11) is 2.93. The Kier molecular flexibility index (Phi) is 21.2. The molecule has 17 nitrogen and oxygen atoms in total. The van der Waals surface area contributed by atoms with Crippen LogP contribution in [-0.2, 0) is 39.4 Å². The van der Waals surface area contributed by atoms with E-state index in [1.165, 1.54) is 43.0 Å². The molecule has 1 aromatic carbocycles. The molecular weight excluding hydrogens is 934 g/mol. The number of urea groups is 1. The summed E-state index contributed by atoms with van der Waals surface area (Å²) >= 11 is 0. The van der Waals surface area contributed by atoms with Crippen LogP contribution < -0.4 is 15.5 Å². The van der Waals surface area contributed by atoms with Gasteiger partial charge in [-0.3, -0.25) is 9.69 Å². The molecule has 3 heterocycles. The van der Waals surface area contributed by atoms with E-state index in [1.807, 2.05) is 20.8 Å². The van der Waals surface area contributed by atoms with Crippen LogP contribution in [0, 0.1) is 17.8 Å². The molecule has 0 unspecified atom stereocenters. The van der Waals surface area contributed by atoms with Crippen LogP contribution in [0.1, 0.15) is 127 Å². The summed E-state index contributed by atoms with van der Waals surface area (Å²) in [6, 6.07) is 2.00. The van der Waals surface area contributed by atoms with E-state index in [-0.39, 0.29) is 56.9 Å². The molecule has 3 fully saturated rings. The molecule has 4 rings (SSSR count). The highest BCUT2D eigenvalue weighted by atomic mass is 19.4. The van der Waals surface area contributed by atoms with E-state index in [4.69, 9.17) is 28.4 Å². The third-order valence-corrected chi connectivity index (χ3v) is 15.3. The zero-order valence-electron chi connectivity index (χ0n) is 44.5. The van der Waals surface area contributed by atoms with Gasteiger partial charge >= 0.3 is 18.2 Å². The van der Waals surface area contributed by atoms with Crippen molar-refractivity contribution in [3.63, 3.8) is 0 Å². The molecule has 7 N–H and O–H groups in total. The second-order valence-electron chi connectivity index (χ2n) is 21.3. The van der Waals surface area contributed by atoms with Crippen LogP contribution in [0.2, 0.25) is 0 Å². The Morgan fingerprint density at radius 2 is 1.58 bits per heavy atom. The van der Waals surface area contributed by atoms with Gasteiger partial charge in [0.2, 0.25) is 0 Å². The van der Waals surface area contributed by atoms with Gasteiger partial charge in [-0.15, -0.1) is 0 Å². The summed E-state index contributed by atoms with van der Waals surface area (Å²) in [5, 5.41) is 67.2. The molecule has 0 bridgehead atoms. The number of methoxy groups -OCH3 is 1. The van der Waals surface area contributed by atoms with E-state index in [1.54, 1.807) is 55.4 Å². The number of cyclic esters (lactones) is 1. The number of amides is 2. The van der Waals surface area contributed by atoms with Crippen molar-refractivity contribution in [2.45, 2.75) is 218 Å². The fourth-order valence-corrected chi connectivity index (χ4v) is 10.8. The van der Waals surface area contributed by atoms with Gasteiger partial charge < -0.3 is 69.5 Å². The number of benzene rings is 1. The molecule has 3 aliphatic rings. The molecule has 0 saturated carbocycles. The van der Waals surface area contributed by atoms with E-state index in [2.05, 4.69) is 10.6 Å². The van der Waals surface area contributed by atoms with Crippen LogP contribution in [0.3, 0.4) is 0 Å². The molecule has 3 saturated heterocycles. The van der Waals surface area contributed by atoms with E-state index in [0.29, 0.717) is 13.0 Å². The van der Waals surface area contributed by atoms with Gasteiger partial charge in [-0.1, -0.05) is 34.6 Å². The lowest BCUT2D eigenvalue weighted by Gasteiger charge is -2.53. The highest BCUT2D eigenvalue weighted by Gasteiger charge is 2.58. The Morgan fingerprint density at radius 3 is 2.14 bits per heavy atom. The molecule has 0 spiro atoms. The van der Waals surface area contributed by atoms with Gasteiger partial charge in [-0.25, -0.2) is 4.79 Å². The lowest BCUT2D eigenvalue weighted by molar-refractivity contribution is -0.336. The topological polar surface area (TPSA) is 221 Å². The minimum atomic E-state index is -4.57. The molecule has 18 atom stereocenters. The maximum Gasteiger partial charge on any atom is 0.416 e. The predicted octanol–water partition coefficient (Wildman–Crippen LogP) is 5.35. The summed E-state index contributed by atoms with van der Waals surface area (Å²) in [4.78, 5) is 31.6. The van der Waals surface area contributed by atoms with Crippen molar-refractivity contribution < 1.29 is 76.7 Å². The smallest absolute Gasteiger partial charge is 0.416 e. The number of anilines is 1. The van der Waals surface area contributed by atoms with Gasteiger partial charge in [-0.05, 0) is 124 Å².